The van der Waals surface area contributed by atoms with Gasteiger partial charge in [0.05, 0.1) is 17.1 Å². The van der Waals surface area contributed by atoms with Crippen LogP contribution in [0.1, 0.15) is 25.5 Å². The number of hydrogen-bond donors (Lipinski definition) is 1. The summed E-state index contributed by atoms with van der Waals surface area (Å²) in [6.45, 7) is 6.41. The van der Waals surface area contributed by atoms with Gasteiger partial charge in [-0.1, -0.05) is 25.1 Å². The second kappa shape index (κ2) is 5.19. The third kappa shape index (κ3) is 2.26. The summed E-state index contributed by atoms with van der Waals surface area (Å²) in [5.41, 5.74) is 9.07. The van der Waals surface area contributed by atoms with E-state index >= 15 is 0 Å². The topological polar surface area (TPSA) is 47.1 Å². The first-order chi connectivity index (χ1) is 9.66. The van der Waals surface area contributed by atoms with E-state index in [1.54, 1.807) is 0 Å². The zero-order chi connectivity index (χ0) is 14.1. The van der Waals surface area contributed by atoms with Crippen molar-refractivity contribution in [2.45, 2.75) is 26.7 Å². The lowest BCUT2D eigenvalue weighted by molar-refractivity contribution is 0.435. The van der Waals surface area contributed by atoms with Crippen molar-refractivity contribution in [3.8, 4) is 5.69 Å². The standard InChI is InChI=1S/C16H22N4/c1-12-8-10-19(11-9-12)16-15(17)13(2)18-20(16)14-6-4-3-5-7-14/h3-7,12H,8-11,17H2,1-2H3. The van der Waals surface area contributed by atoms with Gasteiger partial charge in [-0.2, -0.15) is 5.10 Å². The van der Waals surface area contributed by atoms with E-state index in [0.29, 0.717) is 0 Å². The van der Waals surface area contributed by atoms with Crippen molar-refractivity contribution in [1.29, 1.82) is 0 Å². The fourth-order valence-electron chi connectivity index (χ4n) is 2.80. The number of rotatable bonds is 2. The lowest BCUT2D eigenvalue weighted by atomic mass is 9.99. The minimum atomic E-state index is 0.807. The Morgan fingerprint density at radius 1 is 1.15 bits per heavy atom. The normalized spacial score (nSPS) is 16.6. The van der Waals surface area contributed by atoms with E-state index in [4.69, 9.17) is 5.73 Å². The summed E-state index contributed by atoms with van der Waals surface area (Å²) in [5.74, 6) is 1.86. The van der Waals surface area contributed by atoms with E-state index in [1.165, 1.54) is 12.8 Å². The van der Waals surface area contributed by atoms with Gasteiger partial charge in [0.25, 0.3) is 0 Å². The first kappa shape index (κ1) is 13.0. The Bertz CT molecular complexity index is 580. The molecule has 1 aliphatic rings. The molecule has 4 heteroatoms. The number of nitrogens with two attached hydrogens (primary N) is 1. The summed E-state index contributed by atoms with van der Waals surface area (Å²) in [6, 6.07) is 10.2. The van der Waals surface area contributed by atoms with Crippen LogP contribution in [0.2, 0.25) is 0 Å². The van der Waals surface area contributed by atoms with Gasteiger partial charge in [-0.3, -0.25) is 0 Å². The van der Waals surface area contributed by atoms with Crippen molar-refractivity contribution in [2.24, 2.45) is 5.92 Å². The summed E-state index contributed by atoms with van der Waals surface area (Å²) in [7, 11) is 0. The first-order valence-corrected chi connectivity index (χ1v) is 7.32. The molecule has 0 saturated carbocycles. The monoisotopic (exact) mass is 270 g/mol. The molecule has 0 bridgehead atoms. The quantitative estimate of drug-likeness (QED) is 0.912. The van der Waals surface area contributed by atoms with Crippen molar-refractivity contribution in [3.63, 3.8) is 0 Å². The molecule has 0 atom stereocenters. The molecular weight excluding hydrogens is 248 g/mol. The Labute approximate surface area is 120 Å². The number of para-hydroxylation sites is 1. The molecule has 4 nitrogen and oxygen atoms in total. The Hall–Kier alpha value is -1.97. The van der Waals surface area contributed by atoms with E-state index in [2.05, 4.69) is 29.1 Å². The van der Waals surface area contributed by atoms with Gasteiger partial charge in [0.2, 0.25) is 0 Å². The Balaban J connectivity index is 2.01. The predicted molar refractivity (Wildman–Crippen MR) is 83.3 cm³/mol. The first-order valence-electron chi connectivity index (χ1n) is 7.32. The van der Waals surface area contributed by atoms with Gasteiger partial charge in [0.1, 0.15) is 0 Å². The van der Waals surface area contributed by atoms with Crippen LogP contribution >= 0.6 is 0 Å². The van der Waals surface area contributed by atoms with Gasteiger partial charge in [-0.15, -0.1) is 0 Å². The van der Waals surface area contributed by atoms with Crippen LogP contribution in [0.15, 0.2) is 30.3 Å². The highest BCUT2D eigenvalue weighted by molar-refractivity contribution is 5.68. The molecular formula is C16H22N4. The minimum absolute atomic E-state index is 0.807. The van der Waals surface area contributed by atoms with E-state index in [1.807, 2.05) is 29.8 Å². The number of aryl methyl sites for hydroxylation is 1. The van der Waals surface area contributed by atoms with Gasteiger partial charge in [-0.25, -0.2) is 4.68 Å². The van der Waals surface area contributed by atoms with Crippen LogP contribution in [0, 0.1) is 12.8 Å². The Kier molecular flexibility index (Phi) is 3.38. The molecule has 106 valence electrons. The average molecular weight is 270 g/mol. The molecule has 1 saturated heterocycles. The maximum absolute atomic E-state index is 6.28. The van der Waals surface area contributed by atoms with E-state index in [0.717, 1.165) is 41.9 Å². The number of hydrogen-bond acceptors (Lipinski definition) is 3. The van der Waals surface area contributed by atoms with Crippen molar-refractivity contribution in [2.75, 3.05) is 23.7 Å². The molecule has 0 unspecified atom stereocenters. The molecule has 1 aromatic heterocycles. The van der Waals surface area contributed by atoms with Crippen molar-refractivity contribution in [3.05, 3.63) is 36.0 Å². The van der Waals surface area contributed by atoms with Crippen LogP contribution < -0.4 is 10.6 Å². The van der Waals surface area contributed by atoms with Crippen molar-refractivity contribution >= 4 is 11.5 Å². The Morgan fingerprint density at radius 2 is 1.80 bits per heavy atom. The van der Waals surface area contributed by atoms with Gasteiger partial charge in [-0.05, 0) is 37.8 Å². The summed E-state index contributed by atoms with van der Waals surface area (Å²) < 4.78 is 1.99. The SMILES string of the molecule is Cc1nn(-c2ccccc2)c(N2CCC(C)CC2)c1N. The number of aromatic nitrogens is 2. The second-order valence-corrected chi connectivity index (χ2v) is 5.74. The zero-order valence-electron chi connectivity index (χ0n) is 12.2. The highest BCUT2D eigenvalue weighted by Gasteiger charge is 2.23. The third-order valence-electron chi connectivity index (χ3n) is 4.17. The third-order valence-corrected chi connectivity index (χ3v) is 4.17. The van der Waals surface area contributed by atoms with Crippen LogP contribution in [0.25, 0.3) is 5.69 Å². The van der Waals surface area contributed by atoms with Crippen LogP contribution in [0.3, 0.4) is 0 Å². The highest BCUT2D eigenvalue weighted by Crippen LogP contribution is 2.32. The van der Waals surface area contributed by atoms with Crippen LogP contribution in [0.5, 0.6) is 0 Å². The lowest BCUT2D eigenvalue weighted by Gasteiger charge is -2.32. The number of nitrogen functional groups attached to an aromatic ring is 1. The highest BCUT2D eigenvalue weighted by atomic mass is 15.4. The van der Waals surface area contributed by atoms with Crippen LogP contribution in [-0.4, -0.2) is 22.9 Å². The van der Waals surface area contributed by atoms with Gasteiger partial charge >= 0.3 is 0 Å². The summed E-state index contributed by atoms with van der Waals surface area (Å²) in [4.78, 5) is 2.38. The Morgan fingerprint density at radius 3 is 2.45 bits per heavy atom. The fourth-order valence-corrected chi connectivity index (χ4v) is 2.80. The molecule has 1 aromatic carbocycles. The van der Waals surface area contributed by atoms with Crippen LogP contribution in [-0.2, 0) is 0 Å². The van der Waals surface area contributed by atoms with Crippen molar-refractivity contribution < 1.29 is 0 Å². The van der Waals surface area contributed by atoms with E-state index in [-0.39, 0.29) is 0 Å². The van der Waals surface area contributed by atoms with E-state index < -0.39 is 0 Å². The second-order valence-electron chi connectivity index (χ2n) is 5.74. The predicted octanol–water partition coefficient (Wildman–Crippen LogP) is 3.00. The number of nitrogens with zero attached hydrogens (tertiary/aromatic N) is 3. The molecule has 2 N–H and O–H groups in total. The molecule has 3 rings (SSSR count). The average Bonchev–Trinajstić information content (AvgIpc) is 2.77. The largest absolute Gasteiger partial charge is 0.394 e. The smallest absolute Gasteiger partial charge is 0.155 e. The molecule has 0 amide bonds. The summed E-state index contributed by atoms with van der Waals surface area (Å²) in [6.07, 6.45) is 2.44. The molecule has 1 aliphatic heterocycles. The number of anilines is 2. The summed E-state index contributed by atoms with van der Waals surface area (Å²) in [5, 5.41) is 4.62. The summed E-state index contributed by atoms with van der Waals surface area (Å²) >= 11 is 0. The van der Waals surface area contributed by atoms with Gasteiger partial charge in [0, 0.05) is 13.1 Å². The van der Waals surface area contributed by atoms with Crippen molar-refractivity contribution in [1.82, 2.24) is 9.78 Å². The minimum Gasteiger partial charge on any atom is -0.394 e. The van der Waals surface area contributed by atoms with E-state index in [9.17, 15) is 0 Å². The lowest BCUT2D eigenvalue weighted by Crippen LogP contribution is -2.34. The molecule has 0 aliphatic carbocycles. The molecule has 0 spiro atoms. The number of piperidine rings is 1. The maximum Gasteiger partial charge on any atom is 0.155 e. The number of benzene rings is 1. The molecule has 2 heterocycles. The van der Waals surface area contributed by atoms with Crippen LogP contribution in [0.4, 0.5) is 11.5 Å². The zero-order valence-corrected chi connectivity index (χ0v) is 12.2. The van der Waals surface area contributed by atoms with Gasteiger partial charge in [0.15, 0.2) is 5.82 Å². The maximum atomic E-state index is 6.28. The molecule has 0 radical (unpaired) electrons. The molecule has 2 aromatic rings. The fraction of sp³-hybridized carbons (Fsp3) is 0.438. The molecule has 1 fully saturated rings. The molecule has 20 heavy (non-hydrogen) atoms. The van der Waals surface area contributed by atoms with Gasteiger partial charge < -0.3 is 10.6 Å².